The average Bonchev–Trinajstić information content (AvgIpc) is 2.65. The maximum atomic E-state index is 11.6. The summed E-state index contributed by atoms with van der Waals surface area (Å²) in [5, 5.41) is 2.78. The van der Waals surface area contributed by atoms with Gasteiger partial charge in [-0.3, -0.25) is 4.79 Å². The molecule has 0 spiro atoms. The van der Waals surface area contributed by atoms with Crippen molar-refractivity contribution >= 4 is 18.5 Å². The van der Waals surface area contributed by atoms with Gasteiger partial charge in [0.15, 0.2) is 6.61 Å². The quantitative estimate of drug-likeness (QED) is 0.842. The lowest BCUT2D eigenvalue weighted by Crippen LogP contribution is -2.41. The van der Waals surface area contributed by atoms with Crippen LogP contribution in [0.4, 0.5) is 0 Å². The monoisotopic (exact) mass is 319 g/mol. The van der Waals surface area contributed by atoms with Crippen LogP contribution in [0.25, 0.3) is 0 Å². The van der Waals surface area contributed by atoms with E-state index in [-0.39, 0.29) is 29.8 Å². The Morgan fingerprint density at radius 3 is 2.13 bits per heavy atom. The minimum absolute atomic E-state index is 0.00795. The molecule has 1 aromatic carbocycles. The van der Waals surface area contributed by atoms with Crippen LogP contribution in [-0.2, 0) is 14.1 Å². The molecule has 6 heteroatoms. The number of ether oxygens (including phenoxy) is 1. The van der Waals surface area contributed by atoms with Crippen molar-refractivity contribution in [1.82, 2.24) is 5.32 Å². The molecule has 0 unspecified atom stereocenters. The Bertz CT molecular complexity index is 538. The molecule has 0 aliphatic carbocycles. The second kappa shape index (κ2) is 6.53. The van der Waals surface area contributed by atoms with Crippen LogP contribution in [0.3, 0.4) is 0 Å². The van der Waals surface area contributed by atoms with Gasteiger partial charge in [0.1, 0.15) is 5.75 Å². The average molecular weight is 319 g/mol. The van der Waals surface area contributed by atoms with Crippen LogP contribution in [0.5, 0.6) is 5.75 Å². The standard InChI is InChI=1S/C17H26BNO4/c1-12(2)19-15(20)11-21-14-9-7-13(8-10-14)18-22-16(3,4)17(5,6)23-18/h7-10,12H,11H2,1-6H3,(H,19,20). The third-order valence-electron chi connectivity index (χ3n) is 4.23. The smallest absolute Gasteiger partial charge is 0.484 e. The van der Waals surface area contributed by atoms with Gasteiger partial charge in [-0.05, 0) is 59.1 Å². The largest absolute Gasteiger partial charge is 0.494 e. The fourth-order valence-corrected chi connectivity index (χ4v) is 2.21. The maximum Gasteiger partial charge on any atom is 0.494 e. The summed E-state index contributed by atoms with van der Waals surface area (Å²) in [7, 11) is -0.390. The lowest BCUT2D eigenvalue weighted by atomic mass is 9.79. The molecule has 1 aromatic rings. The van der Waals surface area contributed by atoms with Gasteiger partial charge in [-0.1, -0.05) is 12.1 Å². The summed E-state index contributed by atoms with van der Waals surface area (Å²) < 4.78 is 17.5. The van der Waals surface area contributed by atoms with E-state index in [9.17, 15) is 4.79 Å². The number of carbonyl (C=O) groups is 1. The Morgan fingerprint density at radius 1 is 1.13 bits per heavy atom. The van der Waals surface area contributed by atoms with Crippen molar-refractivity contribution in [1.29, 1.82) is 0 Å². The lowest BCUT2D eigenvalue weighted by Gasteiger charge is -2.32. The number of nitrogens with one attached hydrogen (secondary N) is 1. The minimum atomic E-state index is -0.390. The number of amides is 1. The van der Waals surface area contributed by atoms with E-state index in [1.54, 1.807) is 0 Å². The second-order valence-electron chi connectivity index (χ2n) is 7.17. The first-order chi connectivity index (χ1) is 10.6. The summed E-state index contributed by atoms with van der Waals surface area (Å²) in [6.07, 6.45) is 0. The first-order valence-electron chi connectivity index (χ1n) is 7.98. The summed E-state index contributed by atoms with van der Waals surface area (Å²) in [5.74, 6) is 0.513. The van der Waals surface area contributed by atoms with Gasteiger partial charge in [0, 0.05) is 6.04 Å². The Kier molecular flexibility index (Phi) is 5.06. The van der Waals surface area contributed by atoms with Gasteiger partial charge in [-0.2, -0.15) is 0 Å². The topological polar surface area (TPSA) is 56.8 Å². The van der Waals surface area contributed by atoms with Crippen molar-refractivity contribution < 1.29 is 18.8 Å². The van der Waals surface area contributed by atoms with E-state index >= 15 is 0 Å². The summed E-state index contributed by atoms with van der Waals surface area (Å²) in [6, 6.07) is 7.55. The zero-order chi connectivity index (χ0) is 17.3. The highest BCUT2D eigenvalue weighted by molar-refractivity contribution is 6.62. The van der Waals surface area contributed by atoms with Crippen molar-refractivity contribution in [2.45, 2.75) is 58.8 Å². The summed E-state index contributed by atoms with van der Waals surface area (Å²) in [4.78, 5) is 11.6. The molecule has 1 N–H and O–H groups in total. The number of hydrogen-bond acceptors (Lipinski definition) is 4. The van der Waals surface area contributed by atoms with E-state index in [4.69, 9.17) is 14.0 Å². The fraction of sp³-hybridized carbons (Fsp3) is 0.588. The summed E-state index contributed by atoms with van der Waals surface area (Å²) in [6.45, 7) is 11.9. The van der Waals surface area contributed by atoms with Gasteiger partial charge >= 0.3 is 7.12 Å². The number of hydrogen-bond donors (Lipinski definition) is 1. The van der Waals surface area contributed by atoms with Crippen LogP contribution in [0, 0.1) is 0 Å². The summed E-state index contributed by atoms with van der Waals surface area (Å²) >= 11 is 0. The molecule has 1 fully saturated rings. The number of carbonyl (C=O) groups excluding carboxylic acids is 1. The molecule has 1 saturated heterocycles. The molecule has 126 valence electrons. The van der Waals surface area contributed by atoms with Crippen LogP contribution in [0.2, 0.25) is 0 Å². The van der Waals surface area contributed by atoms with Crippen LogP contribution in [0.15, 0.2) is 24.3 Å². The normalized spacial score (nSPS) is 19.0. The Morgan fingerprint density at radius 2 is 1.65 bits per heavy atom. The molecular weight excluding hydrogens is 293 g/mol. The van der Waals surface area contributed by atoms with E-state index < -0.39 is 7.12 Å². The zero-order valence-corrected chi connectivity index (χ0v) is 14.8. The van der Waals surface area contributed by atoms with Gasteiger partial charge in [0.25, 0.3) is 5.91 Å². The third-order valence-corrected chi connectivity index (χ3v) is 4.23. The molecule has 1 heterocycles. The Balaban J connectivity index is 1.94. The van der Waals surface area contributed by atoms with E-state index in [0.29, 0.717) is 5.75 Å². The van der Waals surface area contributed by atoms with Crippen molar-refractivity contribution in [2.75, 3.05) is 6.61 Å². The van der Waals surface area contributed by atoms with Crippen molar-refractivity contribution in [3.05, 3.63) is 24.3 Å². The predicted octanol–water partition coefficient (Wildman–Crippen LogP) is 1.89. The van der Waals surface area contributed by atoms with Crippen LogP contribution >= 0.6 is 0 Å². The number of benzene rings is 1. The molecule has 1 aliphatic rings. The molecule has 0 bridgehead atoms. The van der Waals surface area contributed by atoms with Crippen LogP contribution in [-0.4, -0.2) is 36.9 Å². The van der Waals surface area contributed by atoms with E-state index in [1.165, 1.54) is 0 Å². The molecule has 0 aromatic heterocycles. The third kappa shape index (κ3) is 4.27. The number of rotatable bonds is 5. The van der Waals surface area contributed by atoms with Crippen LogP contribution < -0.4 is 15.5 Å². The van der Waals surface area contributed by atoms with Crippen molar-refractivity contribution in [2.24, 2.45) is 0 Å². The molecule has 1 amide bonds. The van der Waals surface area contributed by atoms with Gasteiger partial charge in [0.05, 0.1) is 11.2 Å². The van der Waals surface area contributed by atoms with Gasteiger partial charge in [0.2, 0.25) is 0 Å². The summed E-state index contributed by atoms with van der Waals surface area (Å²) in [5.41, 5.74) is 0.214. The first kappa shape index (κ1) is 17.8. The van der Waals surface area contributed by atoms with E-state index in [1.807, 2.05) is 65.8 Å². The SMILES string of the molecule is CC(C)NC(=O)COc1ccc(B2OC(C)(C)C(C)(C)O2)cc1. The Hall–Kier alpha value is -1.53. The van der Waals surface area contributed by atoms with Crippen LogP contribution in [0.1, 0.15) is 41.5 Å². The van der Waals surface area contributed by atoms with E-state index in [0.717, 1.165) is 5.46 Å². The molecule has 0 radical (unpaired) electrons. The first-order valence-corrected chi connectivity index (χ1v) is 7.98. The lowest BCUT2D eigenvalue weighted by molar-refractivity contribution is -0.123. The molecule has 23 heavy (non-hydrogen) atoms. The van der Waals surface area contributed by atoms with Gasteiger partial charge < -0.3 is 19.4 Å². The highest BCUT2D eigenvalue weighted by Gasteiger charge is 2.51. The molecule has 0 saturated carbocycles. The highest BCUT2D eigenvalue weighted by atomic mass is 16.7. The Labute approximate surface area is 138 Å². The second-order valence-corrected chi connectivity index (χ2v) is 7.17. The van der Waals surface area contributed by atoms with Gasteiger partial charge in [-0.15, -0.1) is 0 Å². The molecule has 1 aliphatic heterocycles. The molecule has 2 rings (SSSR count). The van der Waals surface area contributed by atoms with E-state index in [2.05, 4.69) is 5.32 Å². The van der Waals surface area contributed by atoms with Crippen molar-refractivity contribution in [3.63, 3.8) is 0 Å². The fourth-order valence-electron chi connectivity index (χ4n) is 2.21. The molecule has 5 nitrogen and oxygen atoms in total. The predicted molar refractivity (Wildman–Crippen MR) is 90.9 cm³/mol. The molecule has 0 atom stereocenters. The minimum Gasteiger partial charge on any atom is -0.484 e. The maximum absolute atomic E-state index is 11.6. The zero-order valence-electron chi connectivity index (χ0n) is 14.8. The van der Waals surface area contributed by atoms with Crippen molar-refractivity contribution in [3.8, 4) is 5.75 Å². The highest BCUT2D eigenvalue weighted by Crippen LogP contribution is 2.36. The van der Waals surface area contributed by atoms with Gasteiger partial charge in [-0.25, -0.2) is 0 Å². The molecular formula is C17H26BNO4.